The highest BCUT2D eigenvalue weighted by molar-refractivity contribution is 5.97. The number of aryl methyl sites for hydroxylation is 1. The number of nitrogens with one attached hydrogen (secondary N) is 1. The highest BCUT2D eigenvalue weighted by atomic mass is 19.1. The van der Waals surface area contributed by atoms with E-state index in [9.17, 15) is 14.0 Å². The first kappa shape index (κ1) is 21.3. The minimum Gasteiger partial charge on any atom is -0.352 e. The van der Waals surface area contributed by atoms with Gasteiger partial charge in [0.05, 0.1) is 17.2 Å². The number of aromatic nitrogens is 3. The van der Waals surface area contributed by atoms with Crippen molar-refractivity contribution in [1.29, 1.82) is 0 Å². The fourth-order valence-electron chi connectivity index (χ4n) is 4.59. The number of carbonyl (C=O) groups excluding carboxylic acids is 1. The van der Waals surface area contributed by atoms with Gasteiger partial charge >= 0.3 is 0 Å². The number of nitrogens with zero attached hydrogens (tertiary/aromatic N) is 4. The summed E-state index contributed by atoms with van der Waals surface area (Å²) in [5.41, 5.74) is 3.44. The van der Waals surface area contributed by atoms with Gasteiger partial charge in [0.25, 0.3) is 11.5 Å². The van der Waals surface area contributed by atoms with Gasteiger partial charge < -0.3 is 9.88 Å². The molecule has 4 aromatic rings. The molecule has 7 nitrogen and oxygen atoms in total. The number of fused-ring (bicyclic) bond motifs is 3. The molecule has 0 bridgehead atoms. The lowest BCUT2D eigenvalue weighted by Crippen LogP contribution is -2.38. The van der Waals surface area contributed by atoms with Gasteiger partial charge in [0, 0.05) is 25.7 Å². The Morgan fingerprint density at radius 2 is 1.82 bits per heavy atom. The highest BCUT2D eigenvalue weighted by Crippen LogP contribution is 2.20. The summed E-state index contributed by atoms with van der Waals surface area (Å²) >= 11 is 0. The molecule has 0 aliphatic carbocycles. The van der Waals surface area contributed by atoms with Gasteiger partial charge in [0.2, 0.25) is 0 Å². The highest BCUT2D eigenvalue weighted by Gasteiger charge is 2.20. The van der Waals surface area contributed by atoms with Crippen LogP contribution in [0.2, 0.25) is 0 Å². The van der Waals surface area contributed by atoms with E-state index >= 15 is 0 Å². The molecule has 0 spiro atoms. The molecular weight excluding hydrogens is 421 g/mol. The molecular formula is C25H26FN5O2. The average molecular weight is 448 g/mol. The molecule has 3 heterocycles. The Hall–Kier alpha value is -3.52. The molecule has 5 rings (SSSR count). The number of amides is 1. The lowest BCUT2D eigenvalue weighted by molar-refractivity contribution is 0.0935. The van der Waals surface area contributed by atoms with E-state index in [1.54, 1.807) is 40.5 Å². The van der Waals surface area contributed by atoms with Crippen molar-refractivity contribution in [2.75, 3.05) is 19.6 Å². The molecule has 1 saturated heterocycles. The Kier molecular flexibility index (Phi) is 5.68. The molecule has 2 aromatic heterocycles. The third-order valence-corrected chi connectivity index (χ3v) is 6.57. The third-order valence-electron chi connectivity index (χ3n) is 6.57. The van der Waals surface area contributed by atoms with E-state index in [0.29, 0.717) is 29.1 Å². The first-order valence-corrected chi connectivity index (χ1v) is 11.2. The van der Waals surface area contributed by atoms with E-state index in [4.69, 9.17) is 0 Å². The van der Waals surface area contributed by atoms with Crippen LogP contribution in [-0.4, -0.2) is 44.6 Å². The number of benzene rings is 2. The number of hydrogen-bond donors (Lipinski definition) is 1. The molecule has 1 aliphatic heterocycles. The predicted molar refractivity (Wildman–Crippen MR) is 125 cm³/mol. The summed E-state index contributed by atoms with van der Waals surface area (Å²) in [5, 5.41) is 7.30. The standard InChI is InChI=1S/C25H26FN5O2/c1-29-23-14-19(4-7-21(23)31-22(25(29)33)8-11-28-31)24(32)27-15-17-9-12-30(13-10-17)16-18-2-5-20(26)6-3-18/h2-8,11,14,17H,9-10,12-13,15-16H2,1H3,(H,27,32). The number of hydrogen-bond acceptors (Lipinski definition) is 4. The van der Waals surface area contributed by atoms with Crippen LogP contribution in [0.1, 0.15) is 28.8 Å². The van der Waals surface area contributed by atoms with Gasteiger partial charge in [0.1, 0.15) is 11.3 Å². The topological polar surface area (TPSA) is 71.6 Å². The first-order chi connectivity index (χ1) is 16.0. The van der Waals surface area contributed by atoms with Crippen LogP contribution in [0.4, 0.5) is 4.39 Å². The fourth-order valence-corrected chi connectivity index (χ4v) is 4.59. The Balaban J connectivity index is 1.20. The van der Waals surface area contributed by atoms with Crippen molar-refractivity contribution in [2.45, 2.75) is 19.4 Å². The van der Waals surface area contributed by atoms with E-state index < -0.39 is 0 Å². The first-order valence-electron chi connectivity index (χ1n) is 11.2. The predicted octanol–water partition coefficient (Wildman–Crippen LogP) is 2.97. The SMILES string of the molecule is Cn1c(=O)c2ccnn2c2ccc(C(=O)NCC3CCN(Cc4ccc(F)cc4)CC3)cc21. The second kappa shape index (κ2) is 8.78. The molecule has 8 heteroatoms. The summed E-state index contributed by atoms with van der Waals surface area (Å²) in [5.74, 6) is 0.0714. The number of carbonyl (C=O) groups is 1. The van der Waals surface area contributed by atoms with Crippen LogP contribution in [-0.2, 0) is 13.6 Å². The molecule has 1 aliphatic rings. The van der Waals surface area contributed by atoms with E-state index in [2.05, 4.69) is 15.3 Å². The monoisotopic (exact) mass is 447 g/mol. The summed E-state index contributed by atoms with van der Waals surface area (Å²) in [6.07, 6.45) is 3.61. The molecule has 0 radical (unpaired) electrons. The van der Waals surface area contributed by atoms with E-state index in [0.717, 1.165) is 43.6 Å². The number of piperidine rings is 1. The average Bonchev–Trinajstić information content (AvgIpc) is 3.33. The van der Waals surface area contributed by atoms with Gasteiger partial charge in [-0.25, -0.2) is 8.91 Å². The van der Waals surface area contributed by atoms with Crippen LogP contribution in [0, 0.1) is 11.7 Å². The van der Waals surface area contributed by atoms with E-state index in [1.807, 2.05) is 18.2 Å². The van der Waals surface area contributed by atoms with Crippen LogP contribution in [0.25, 0.3) is 16.6 Å². The van der Waals surface area contributed by atoms with Gasteiger partial charge in [-0.15, -0.1) is 0 Å². The van der Waals surface area contributed by atoms with Gasteiger partial charge in [-0.3, -0.25) is 14.5 Å². The largest absolute Gasteiger partial charge is 0.352 e. The number of likely N-dealkylation sites (tertiary alicyclic amines) is 1. The Morgan fingerprint density at radius 3 is 2.58 bits per heavy atom. The minimum atomic E-state index is -0.212. The van der Waals surface area contributed by atoms with Crippen molar-refractivity contribution in [3.63, 3.8) is 0 Å². The molecule has 170 valence electrons. The normalized spacial score (nSPS) is 15.3. The second-order valence-electron chi connectivity index (χ2n) is 8.75. The van der Waals surface area contributed by atoms with Crippen LogP contribution in [0.5, 0.6) is 0 Å². The molecule has 0 atom stereocenters. The lowest BCUT2D eigenvalue weighted by Gasteiger charge is -2.32. The van der Waals surface area contributed by atoms with Crippen molar-refractivity contribution in [1.82, 2.24) is 24.4 Å². The molecule has 33 heavy (non-hydrogen) atoms. The zero-order valence-electron chi connectivity index (χ0n) is 18.5. The van der Waals surface area contributed by atoms with Crippen LogP contribution >= 0.6 is 0 Å². The Bertz CT molecular complexity index is 1370. The molecule has 1 amide bonds. The van der Waals surface area contributed by atoms with Crippen molar-refractivity contribution in [3.05, 3.63) is 82.0 Å². The zero-order chi connectivity index (χ0) is 22.9. The van der Waals surface area contributed by atoms with Crippen molar-refractivity contribution in [2.24, 2.45) is 13.0 Å². The van der Waals surface area contributed by atoms with Crippen molar-refractivity contribution >= 4 is 22.5 Å². The van der Waals surface area contributed by atoms with Crippen molar-refractivity contribution < 1.29 is 9.18 Å². The number of rotatable bonds is 5. The van der Waals surface area contributed by atoms with Gasteiger partial charge in [-0.1, -0.05) is 12.1 Å². The van der Waals surface area contributed by atoms with Gasteiger partial charge in [-0.2, -0.15) is 5.10 Å². The van der Waals surface area contributed by atoms with Gasteiger partial charge in [-0.05, 0) is 73.8 Å². The molecule has 1 fully saturated rings. The summed E-state index contributed by atoms with van der Waals surface area (Å²) in [4.78, 5) is 27.7. The maximum Gasteiger partial charge on any atom is 0.276 e. The fraction of sp³-hybridized carbons (Fsp3) is 0.320. The Labute approximate surface area is 190 Å². The molecule has 0 saturated carbocycles. The Morgan fingerprint density at radius 1 is 1.06 bits per heavy atom. The van der Waals surface area contributed by atoms with Crippen LogP contribution < -0.4 is 10.9 Å². The smallest absolute Gasteiger partial charge is 0.276 e. The van der Waals surface area contributed by atoms with E-state index in [-0.39, 0.29) is 17.3 Å². The summed E-state index contributed by atoms with van der Waals surface area (Å²) in [6.45, 7) is 3.35. The summed E-state index contributed by atoms with van der Waals surface area (Å²) < 4.78 is 16.3. The molecule has 1 N–H and O–H groups in total. The minimum absolute atomic E-state index is 0.140. The third kappa shape index (κ3) is 4.26. The lowest BCUT2D eigenvalue weighted by atomic mass is 9.96. The van der Waals surface area contributed by atoms with Crippen LogP contribution in [0.15, 0.2) is 59.5 Å². The number of halogens is 1. The molecule has 2 aromatic carbocycles. The van der Waals surface area contributed by atoms with Crippen LogP contribution in [0.3, 0.4) is 0 Å². The quantitative estimate of drug-likeness (QED) is 0.511. The maximum absolute atomic E-state index is 13.1. The zero-order valence-corrected chi connectivity index (χ0v) is 18.5. The van der Waals surface area contributed by atoms with Gasteiger partial charge in [0.15, 0.2) is 0 Å². The summed E-state index contributed by atoms with van der Waals surface area (Å²) in [6, 6.07) is 13.7. The second-order valence-corrected chi connectivity index (χ2v) is 8.75. The maximum atomic E-state index is 13.1. The summed E-state index contributed by atoms with van der Waals surface area (Å²) in [7, 11) is 1.71. The molecule has 0 unspecified atom stereocenters. The van der Waals surface area contributed by atoms with E-state index in [1.165, 1.54) is 12.1 Å². The van der Waals surface area contributed by atoms with Crippen molar-refractivity contribution in [3.8, 4) is 0 Å².